The number of sulfonamides is 1. The van der Waals surface area contributed by atoms with Crippen LogP contribution in [0.15, 0.2) is 29.2 Å². The Morgan fingerprint density at radius 2 is 1.87 bits per heavy atom. The van der Waals surface area contributed by atoms with Crippen molar-refractivity contribution in [3.05, 3.63) is 41.2 Å². The van der Waals surface area contributed by atoms with Crippen LogP contribution in [-0.4, -0.2) is 33.6 Å². The third-order valence-electron chi connectivity index (χ3n) is 3.37. The summed E-state index contributed by atoms with van der Waals surface area (Å²) in [6.45, 7) is -0.835. The van der Waals surface area contributed by atoms with E-state index >= 15 is 0 Å². The number of aromatic nitrogens is 3. The summed E-state index contributed by atoms with van der Waals surface area (Å²) in [5, 5.41) is 6.60. The molecule has 1 amide bonds. The smallest absolute Gasteiger partial charge is 0.268 e. The normalized spacial score (nSPS) is 16.7. The molecule has 0 fully saturated rings. The van der Waals surface area contributed by atoms with Crippen LogP contribution in [0.5, 0.6) is 0 Å². The zero-order valence-electron chi connectivity index (χ0n) is 11.6. The van der Waals surface area contributed by atoms with Gasteiger partial charge in [-0.15, -0.1) is 5.10 Å². The third-order valence-corrected chi connectivity index (χ3v) is 5.16. The molecule has 2 heterocycles. The highest BCUT2D eigenvalue weighted by molar-refractivity contribution is 7.90. The molecule has 0 bridgehead atoms. The average molecular weight is 346 g/mol. The Bertz CT molecular complexity index is 905. The van der Waals surface area contributed by atoms with Gasteiger partial charge in [0.2, 0.25) is 0 Å². The number of carbonyl (C=O) groups excluding carboxylic acids is 1. The molecule has 1 aliphatic rings. The van der Waals surface area contributed by atoms with E-state index in [1.165, 1.54) is 24.3 Å². The molecule has 7 nitrogen and oxygen atoms in total. The van der Waals surface area contributed by atoms with E-state index in [4.69, 9.17) is 0 Å². The van der Waals surface area contributed by atoms with Gasteiger partial charge in [-0.05, 0) is 12.1 Å². The molecule has 3 rings (SSSR count). The molecule has 0 unspecified atom stereocenters. The van der Waals surface area contributed by atoms with Crippen molar-refractivity contribution in [1.29, 1.82) is 0 Å². The fourth-order valence-electron chi connectivity index (χ4n) is 2.38. The zero-order valence-corrected chi connectivity index (χ0v) is 12.4. The molecule has 0 atom stereocenters. The summed E-state index contributed by atoms with van der Waals surface area (Å²) in [4.78, 5) is 12.0. The Balaban J connectivity index is 2.05. The first-order valence-corrected chi connectivity index (χ1v) is 7.70. The summed E-state index contributed by atoms with van der Waals surface area (Å²) in [6.07, 6.45) is -4.77. The molecule has 0 aliphatic carbocycles. The molecular weight excluding hydrogens is 337 g/mol. The van der Waals surface area contributed by atoms with Gasteiger partial charge in [0.15, 0.2) is 5.69 Å². The average Bonchev–Trinajstić information content (AvgIpc) is 2.92. The predicted octanol–water partition coefficient (Wildman–Crippen LogP) is 1.18. The van der Waals surface area contributed by atoms with E-state index in [-0.39, 0.29) is 10.5 Å². The highest BCUT2D eigenvalue weighted by Gasteiger charge is 2.44. The van der Waals surface area contributed by atoms with Crippen LogP contribution in [0, 0.1) is 0 Å². The Hall–Kier alpha value is -2.43. The lowest BCUT2D eigenvalue weighted by atomic mass is 10.2. The molecule has 1 aromatic heterocycles. The number of hydrogen-bond acceptors (Lipinski definition) is 5. The van der Waals surface area contributed by atoms with Gasteiger partial charge in [0.25, 0.3) is 15.9 Å². The lowest BCUT2D eigenvalue weighted by Crippen LogP contribution is -2.30. The zero-order chi connectivity index (χ0) is 17.0. The van der Waals surface area contributed by atoms with Gasteiger partial charge in [-0.25, -0.2) is 17.4 Å². The minimum absolute atomic E-state index is 0.0788. The van der Waals surface area contributed by atoms with Crippen molar-refractivity contribution in [3.63, 3.8) is 0 Å². The van der Waals surface area contributed by atoms with Crippen molar-refractivity contribution in [2.45, 2.75) is 17.6 Å². The topological polar surface area (TPSA) is 85.2 Å². The molecule has 122 valence electrons. The predicted molar refractivity (Wildman–Crippen MR) is 69.5 cm³/mol. The number of aryl methyl sites for hydroxylation is 1. The molecule has 23 heavy (non-hydrogen) atoms. The lowest BCUT2D eigenvalue weighted by Gasteiger charge is -2.15. The summed E-state index contributed by atoms with van der Waals surface area (Å²) in [5.41, 5.74) is -1.91. The first kappa shape index (κ1) is 15.5. The Labute approximate surface area is 128 Å². The molecule has 0 N–H and O–H groups in total. The second-order valence-electron chi connectivity index (χ2n) is 4.82. The van der Waals surface area contributed by atoms with Crippen LogP contribution in [0.4, 0.5) is 13.2 Å². The number of nitrogens with zero attached hydrogens (tertiary/aromatic N) is 4. The van der Waals surface area contributed by atoms with Crippen molar-refractivity contribution in [3.8, 4) is 0 Å². The van der Waals surface area contributed by atoms with Crippen LogP contribution in [0.2, 0.25) is 0 Å². The van der Waals surface area contributed by atoms with E-state index in [2.05, 4.69) is 10.3 Å². The Morgan fingerprint density at radius 3 is 2.48 bits per heavy atom. The largest absolute Gasteiger partial charge is 0.434 e. The molecule has 0 spiro atoms. The van der Waals surface area contributed by atoms with Crippen molar-refractivity contribution in [2.24, 2.45) is 7.05 Å². The van der Waals surface area contributed by atoms with Gasteiger partial charge in [0.05, 0.1) is 12.1 Å². The lowest BCUT2D eigenvalue weighted by molar-refractivity contribution is -0.144. The number of alkyl halides is 3. The highest BCUT2D eigenvalue weighted by atomic mass is 32.2. The van der Waals surface area contributed by atoms with Crippen LogP contribution in [-0.2, 0) is 29.8 Å². The van der Waals surface area contributed by atoms with Crippen molar-refractivity contribution < 1.29 is 26.4 Å². The van der Waals surface area contributed by atoms with Crippen molar-refractivity contribution in [1.82, 2.24) is 19.3 Å². The van der Waals surface area contributed by atoms with Gasteiger partial charge in [0.1, 0.15) is 10.6 Å². The summed E-state index contributed by atoms with van der Waals surface area (Å²) in [6, 6.07) is 5.43. The number of benzene rings is 1. The number of carbonyl (C=O) groups is 1. The Morgan fingerprint density at radius 1 is 1.22 bits per heavy atom. The highest BCUT2D eigenvalue weighted by Crippen LogP contribution is 2.34. The quantitative estimate of drug-likeness (QED) is 0.815. The first-order chi connectivity index (χ1) is 10.6. The molecule has 0 saturated heterocycles. The van der Waals surface area contributed by atoms with Gasteiger partial charge in [0, 0.05) is 7.05 Å². The summed E-state index contributed by atoms with van der Waals surface area (Å²) >= 11 is 0. The molecule has 0 saturated carbocycles. The minimum atomic E-state index is -4.77. The van der Waals surface area contributed by atoms with E-state index in [1.54, 1.807) is 0 Å². The number of rotatable bonds is 2. The molecule has 1 aliphatic heterocycles. The molecule has 11 heteroatoms. The molecule has 2 aromatic rings. The second-order valence-corrected chi connectivity index (χ2v) is 6.65. The number of amides is 1. The Kier molecular flexibility index (Phi) is 3.21. The van der Waals surface area contributed by atoms with Crippen LogP contribution in [0.3, 0.4) is 0 Å². The van der Waals surface area contributed by atoms with Gasteiger partial charge < -0.3 is 0 Å². The third kappa shape index (κ3) is 2.27. The molecule has 0 radical (unpaired) electrons. The van der Waals surface area contributed by atoms with Crippen molar-refractivity contribution >= 4 is 15.9 Å². The fraction of sp³-hybridized carbons (Fsp3) is 0.250. The number of fused-ring (bicyclic) bond motifs is 1. The van der Waals surface area contributed by atoms with Crippen LogP contribution < -0.4 is 0 Å². The standard InChI is InChI=1S/C12H9F3N4O3S/c1-18-10(12(13,14)15)8(16-17-18)6-19-11(20)7-4-2-3-5-9(7)23(19,21)22/h2-5H,6H2,1H3. The fourth-order valence-corrected chi connectivity index (χ4v) is 3.91. The van der Waals surface area contributed by atoms with Crippen LogP contribution in [0.1, 0.15) is 21.7 Å². The second kappa shape index (κ2) is 4.78. The maximum atomic E-state index is 13.0. The van der Waals surface area contributed by atoms with Crippen LogP contribution in [0.25, 0.3) is 0 Å². The van der Waals surface area contributed by atoms with E-state index in [9.17, 15) is 26.4 Å². The summed E-state index contributed by atoms with van der Waals surface area (Å²) in [5.74, 6) is -0.889. The minimum Gasteiger partial charge on any atom is -0.268 e. The van der Waals surface area contributed by atoms with Gasteiger partial charge in [-0.1, -0.05) is 17.3 Å². The maximum absolute atomic E-state index is 13.0. The monoisotopic (exact) mass is 346 g/mol. The first-order valence-electron chi connectivity index (χ1n) is 6.26. The number of halogens is 3. The van der Waals surface area contributed by atoms with E-state index in [0.29, 0.717) is 8.99 Å². The van der Waals surface area contributed by atoms with E-state index < -0.39 is 40.0 Å². The van der Waals surface area contributed by atoms with Gasteiger partial charge >= 0.3 is 6.18 Å². The van der Waals surface area contributed by atoms with E-state index in [0.717, 1.165) is 7.05 Å². The van der Waals surface area contributed by atoms with Gasteiger partial charge in [-0.2, -0.15) is 13.2 Å². The van der Waals surface area contributed by atoms with Gasteiger partial charge in [-0.3, -0.25) is 4.79 Å². The van der Waals surface area contributed by atoms with Crippen molar-refractivity contribution in [2.75, 3.05) is 0 Å². The molecular formula is C12H9F3N4O3S. The maximum Gasteiger partial charge on any atom is 0.434 e. The summed E-state index contributed by atoms with van der Waals surface area (Å²) < 4.78 is 64.6. The van der Waals surface area contributed by atoms with Crippen LogP contribution >= 0.6 is 0 Å². The van der Waals surface area contributed by atoms with E-state index in [1.807, 2.05) is 0 Å². The number of hydrogen-bond donors (Lipinski definition) is 0. The summed E-state index contributed by atoms with van der Waals surface area (Å²) in [7, 11) is -3.17. The molecule has 1 aromatic carbocycles. The SMILES string of the molecule is Cn1nnc(CN2C(=O)c3ccccc3S2(=O)=O)c1C(F)(F)F.